The molecule has 1 N–H and O–H groups in total. The van der Waals surface area contributed by atoms with Crippen LogP contribution < -0.4 is 0 Å². The fourth-order valence-electron chi connectivity index (χ4n) is 2.37. The average Bonchev–Trinajstić information content (AvgIpc) is 2.69. The van der Waals surface area contributed by atoms with E-state index >= 15 is 0 Å². The van der Waals surface area contributed by atoms with Crippen molar-refractivity contribution >= 4 is 7.82 Å². The van der Waals surface area contributed by atoms with Gasteiger partial charge in [-0.15, -0.1) is 0 Å². The lowest BCUT2D eigenvalue weighted by Gasteiger charge is -2.29. The van der Waals surface area contributed by atoms with Crippen LogP contribution in [0.15, 0.2) is 0 Å². The second kappa shape index (κ2) is 4.59. The zero-order chi connectivity index (χ0) is 12.7. The Morgan fingerprint density at radius 2 is 2.24 bits per heavy atom. The Morgan fingerprint density at radius 1 is 1.53 bits per heavy atom. The highest BCUT2D eigenvalue weighted by Crippen LogP contribution is 2.51. The lowest BCUT2D eigenvalue weighted by atomic mass is 10.00. The third kappa shape index (κ3) is 2.29. The second-order valence-corrected chi connectivity index (χ2v) is 5.79. The van der Waals surface area contributed by atoms with Crippen molar-refractivity contribution < 1.29 is 32.7 Å². The van der Waals surface area contributed by atoms with E-state index in [4.69, 9.17) is 18.7 Å². The van der Waals surface area contributed by atoms with Crippen molar-refractivity contribution in [2.24, 2.45) is 0 Å². The average molecular weight is 268 g/mol. The largest absolute Gasteiger partial charge is 0.472 e. The molecule has 2 bridgehead atoms. The van der Waals surface area contributed by atoms with Crippen LogP contribution in [0, 0.1) is 0 Å². The molecular weight excluding hydrogens is 251 g/mol. The zero-order valence-electron chi connectivity index (χ0n) is 9.99. The SMILES string of the molecule is COC[C@@]12COC([C@H](C)O1)[C@H]2OP(=O)(O)OC. The van der Waals surface area contributed by atoms with Gasteiger partial charge >= 0.3 is 7.82 Å². The van der Waals surface area contributed by atoms with Crippen molar-refractivity contribution in [1.29, 1.82) is 0 Å². The van der Waals surface area contributed by atoms with Crippen molar-refractivity contribution in [2.75, 3.05) is 27.4 Å². The van der Waals surface area contributed by atoms with Crippen LogP contribution in [0.2, 0.25) is 0 Å². The molecule has 0 radical (unpaired) electrons. The molecule has 0 aromatic heterocycles. The number of fused-ring (bicyclic) bond motifs is 2. The number of hydrogen-bond acceptors (Lipinski definition) is 6. The molecule has 0 aromatic rings. The van der Waals surface area contributed by atoms with Gasteiger partial charge in [0.15, 0.2) is 0 Å². The predicted molar refractivity (Wildman–Crippen MR) is 56.6 cm³/mol. The highest BCUT2D eigenvalue weighted by Gasteiger charge is 2.62. The lowest BCUT2D eigenvalue weighted by Crippen LogP contribution is -2.45. The molecule has 2 aliphatic heterocycles. The van der Waals surface area contributed by atoms with Gasteiger partial charge in [-0.3, -0.25) is 9.05 Å². The number of methoxy groups -OCH3 is 1. The third-order valence-corrected chi connectivity index (χ3v) is 4.04. The minimum Gasteiger partial charge on any atom is -0.381 e. The van der Waals surface area contributed by atoms with Crippen LogP contribution in [0.1, 0.15) is 6.92 Å². The molecule has 8 heteroatoms. The van der Waals surface area contributed by atoms with Crippen LogP contribution in [-0.4, -0.2) is 56.2 Å². The summed E-state index contributed by atoms with van der Waals surface area (Å²) < 4.78 is 37.3. The molecule has 2 saturated heterocycles. The van der Waals surface area contributed by atoms with Gasteiger partial charge in [0.2, 0.25) is 0 Å². The maximum Gasteiger partial charge on any atom is 0.472 e. The first-order chi connectivity index (χ1) is 7.94. The Balaban J connectivity index is 2.18. The highest BCUT2D eigenvalue weighted by atomic mass is 31.2. The van der Waals surface area contributed by atoms with Gasteiger partial charge in [-0.2, -0.15) is 0 Å². The molecule has 5 atom stereocenters. The smallest absolute Gasteiger partial charge is 0.381 e. The Labute approximate surface area is 99.6 Å². The molecular formula is C9H17O7P. The molecule has 17 heavy (non-hydrogen) atoms. The van der Waals surface area contributed by atoms with Crippen LogP contribution in [0.4, 0.5) is 0 Å². The number of phosphoric ester groups is 1. The molecule has 7 nitrogen and oxygen atoms in total. The Kier molecular flexibility index (Phi) is 3.62. The normalized spacial score (nSPS) is 43.9. The molecule has 2 unspecified atom stereocenters. The molecule has 2 heterocycles. The Bertz CT molecular complexity index is 335. The molecule has 100 valence electrons. The van der Waals surface area contributed by atoms with Crippen LogP contribution >= 0.6 is 7.82 Å². The summed E-state index contributed by atoms with van der Waals surface area (Å²) in [5.41, 5.74) is -0.824. The first-order valence-electron chi connectivity index (χ1n) is 5.29. The minimum atomic E-state index is -4.07. The van der Waals surface area contributed by atoms with Gasteiger partial charge in [-0.25, -0.2) is 4.57 Å². The molecule has 0 aliphatic carbocycles. The van der Waals surface area contributed by atoms with E-state index in [-0.39, 0.29) is 25.4 Å². The van der Waals surface area contributed by atoms with E-state index < -0.39 is 19.5 Å². The Morgan fingerprint density at radius 3 is 2.76 bits per heavy atom. The summed E-state index contributed by atoms with van der Waals surface area (Å²) in [6, 6.07) is 0. The molecule has 0 amide bonds. The fraction of sp³-hybridized carbons (Fsp3) is 1.00. The topological polar surface area (TPSA) is 83.5 Å². The van der Waals surface area contributed by atoms with Crippen molar-refractivity contribution in [3.63, 3.8) is 0 Å². The molecule has 0 spiro atoms. The first kappa shape index (κ1) is 13.4. The lowest BCUT2D eigenvalue weighted by molar-refractivity contribution is -0.159. The maximum absolute atomic E-state index is 11.5. The van der Waals surface area contributed by atoms with Gasteiger partial charge in [-0.1, -0.05) is 0 Å². The number of hydrogen-bond donors (Lipinski definition) is 1. The van der Waals surface area contributed by atoms with Crippen LogP contribution in [0.25, 0.3) is 0 Å². The molecule has 2 rings (SSSR count). The van der Waals surface area contributed by atoms with Gasteiger partial charge < -0.3 is 19.1 Å². The van der Waals surface area contributed by atoms with E-state index in [1.807, 2.05) is 6.92 Å². The summed E-state index contributed by atoms with van der Waals surface area (Å²) in [6.07, 6.45) is -1.24. The van der Waals surface area contributed by atoms with E-state index in [1.165, 1.54) is 7.11 Å². The summed E-state index contributed by atoms with van der Waals surface area (Å²) in [7, 11) is -1.42. The predicted octanol–water partition coefficient (Wildman–Crippen LogP) is 0.321. The van der Waals surface area contributed by atoms with E-state index in [1.54, 1.807) is 0 Å². The van der Waals surface area contributed by atoms with Crippen molar-refractivity contribution in [1.82, 2.24) is 0 Å². The maximum atomic E-state index is 11.5. The minimum absolute atomic E-state index is 0.208. The molecule has 2 aliphatic rings. The highest BCUT2D eigenvalue weighted by molar-refractivity contribution is 7.47. The number of phosphoric acid groups is 1. The van der Waals surface area contributed by atoms with E-state index in [2.05, 4.69) is 4.52 Å². The van der Waals surface area contributed by atoms with Crippen LogP contribution in [0.5, 0.6) is 0 Å². The summed E-state index contributed by atoms with van der Waals surface area (Å²) >= 11 is 0. The van der Waals surface area contributed by atoms with Gasteiger partial charge in [0.25, 0.3) is 0 Å². The van der Waals surface area contributed by atoms with Crippen LogP contribution in [0.3, 0.4) is 0 Å². The van der Waals surface area contributed by atoms with Crippen molar-refractivity contribution in [2.45, 2.75) is 30.8 Å². The monoisotopic (exact) mass is 268 g/mol. The van der Waals surface area contributed by atoms with E-state index in [9.17, 15) is 9.46 Å². The quantitative estimate of drug-likeness (QED) is 0.719. The Hall–Kier alpha value is -0.0100. The second-order valence-electron chi connectivity index (χ2n) is 4.27. The summed E-state index contributed by atoms with van der Waals surface area (Å²) in [6.45, 7) is 2.35. The van der Waals surface area contributed by atoms with Gasteiger partial charge in [0.05, 0.1) is 19.3 Å². The van der Waals surface area contributed by atoms with Gasteiger partial charge in [-0.05, 0) is 6.92 Å². The summed E-state index contributed by atoms with van der Waals surface area (Å²) in [5.74, 6) is 0. The van der Waals surface area contributed by atoms with Crippen LogP contribution in [-0.2, 0) is 27.8 Å². The zero-order valence-corrected chi connectivity index (χ0v) is 10.9. The number of rotatable bonds is 5. The summed E-state index contributed by atoms with van der Waals surface area (Å²) in [4.78, 5) is 9.38. The van der Waals surface area contributed by atoms with Crippen molar-refractivity contribution in [3.05, 3.63) is 0 Å². The number of ether oxygens (including phenoxy) is 3. The standard InChI is InChI=1S/C9H17O7P/c1-6-7-8(16-17(10,11)13-3)9(15-6,4-12-2)5-14-7/h6-8H,4-5H2,1-3H3,(H,10,11)/t6-,7?,8+,9-/m0/s1. The van der Waals surface area contributed by atoms with Gasteiger partial charge in [0, 0.05) is 14.2 Å². The first-order valence-corrected chi connectivity index (χ1v) is 6.79. The van der Waals surface area contributed by atoms with Crippen molar-refractivity contribution in [3.8, 4) is 0 Å². The summed E-state index contributed by atoms with van der Waals surface area (Å²) in [5, 5.41) is 0. The van der Waals surface area contributed by atoms with E-state index in [0.29, 0.717) is 0 Å². The van der Waals surface area contributed by atoms with Gasteiger partial charge in [0.1, 0.15) is 17.8 Å². The molecule has 2 fully saturated rings. The van der Waals surface area contributed by atoms with E-state index in [0.717, 1.165) is 7.11 Å². The fourth-order valence-corrected chi connectivity index (χ4v) is 3.06. The third-order valence-electron chi connectivity index (χ3n) is 3.09. The molecule has 0 saturated carbocycles. The molecule has 0 aromatic carbocycles.